The Balaban J connectivity index is 1.73. The molecule has 2 heterocycles. The van der Waals surface area contributed by atoms with Crippen molar-refractivity contribution in [1.82, 2.24) is 9.88 Å². The van der Waals surface area contributed by atoms with Gasteiger partial charge in [-0.3, -0.25) is 4.79 Å². The van der Waals surface area contributed by atoms with Crippen molar-refractivity contribution in [3.05, 3.63) is 70.5 Å². The minimum absolute atomic E-state index is 0.0142. The average molecular weight is 343 g/mol. The zero-order valence-electron chi connectivity index (χ0n) is 11.5. The predicted octanol–water partition coefficient (Wildman–Crippen LogP) is 3.77. The van der Waals surface area contributed by atoms with E-state index in [0.29, 0.717) is 16.8 Å². The van der Waals surface area contributed by atoms with Gasteiger partial charge in [0.1, 0.15) is 10.3 Å². The lowest BCUT2D eigenvalue weighted by Crippen LogP contribution is -2.35. The van der Waals surface area contributed by atoms with Gasteiger partial charge >= 0.3 is 0 Å². The van der Waals surface area contributed by atoms with E-state index in [4.69, 9.17) is 0 Å². The summed E-state index contributed by atoms with van der Waals surface area (Å²) < 4.78 is 0.686. The molecule has 3 nitrogen and oxygen atoms in total. The SMILES string of the molecule is O=C(c1cccc(Br)n1)N1CC=C(c2ccccc2)CC1. The number of pyridine rings is 1. The number of nitrogens with zero attached hydrogens (tertiary/aromatic N) is 2. The first-order valence-electron chi connectivity index (χ1n) is 6.90. The van der Waals surface area contributed by atoms with E-state index in [2.05, 4.69) is 39.1 Å². The van der Waals surface area contributed by atoms with Crippen molar-refractivity contribution in [3.63, 3.8) is 0 Å². The zero-order chi connectivity index (χ0) is 14.7. The second-order valence-electron chi connectivity index (χ2n) is 4.94. The van der Waals surface area contributed by atoms with E-state index >= 15 is 0 Å². The minimum atomic E-state index is -0.0142. The molecule has 0 fully saturated rings. The van der Waals surface area contributed by atoms with Crippen LogP contribution in [0.15, 0.2) is 59.2 Å². The molecule has 4 heteroatoms. The summed E-state index contributed by atoms with van der Waals surface area (Å²) in [6.07, 6.45) is 3.01. The van der Waals surface area contributed by atoms with Crippen LogP contribution in [-0.4, -0.2) is 28.9 Å². The van der Waals surface area contributed by atoms with Crippen LogP contribution in [0.5, 0.6) is 0 Å². The highest BCUT2D eigenvalue weighted by Gasteiger charge is 2.20. The number of carbonyl (C=O) groups excluding carboxylic acids is 1. The standard InChI is InChI=1S/C17H15BrN2O/c18-16-8-4-7-15(19-16)17(21)20-11-9-14(10-12-20)13-5-2-1-3-6-13/h1-9H,10-12H2. The molecule has 1 aromatic carbocycles. The average Bonchev–Trinajstić information content (AvgIpc) is 2.55. The fourth-order valence-electron chi connectivity index (χ4n) is 2.46. The van der Waals surface area contributed by atoms with Gasteiger partial charge in [-0.05, 0) is 45.6 Å². The van der Waals surface area contributed by atoms with Gasteiger partial charge in [0.2, 0.25) is 0 Å². The largest absolute Gasteiger partial charge is 0.333 e. The number of aromatic nitrogens is 1. The van der Waals surface area contributed by atoms with Crippen LogP contribution >= 0.6 is 15.9 Å². The van der Waals surface area contributed by atoms with Crippen LogP contribution in [0, 0.1) is 0 Å². The lowest BCUT2D eigenvalue weighted by Gasteiger charge is -2.26. The summed E-state index contributed by atoms with van der Waals surface area (Å²) in [7, 11) is 0. The molecule has 0 radical (unpaired) electrons. The third-order valence-electron chi connectivity index (χ3n) is 3.58. The fourth-order valence-corrected chi connectivity index (χ4v) is 2.80. The Morgan fingerprint density at radius 1 is 1.10 bits per heavy atom. The Kier molecular flexibility index (Phi) is 4.15. The van der Waals surface area contributed by atoms with Crippen molar-refractivity contribution in [2.24, 2.45) is 0 Å². The van der Waals surface area contributed by atoms with Crippen LogP contribution in [0.4, 0.5) is 0 Å². The van der Waals surface area contributed by atoms with Gasteiger partial charge in [0.25, 0.3) is 5.91 Å². The minimum Gasteiger partial charge on any atom is -0.333 e. The molecule has 0 bridgehead atoms. The Morgan fingerprint density at radius 3 is 2.57 bits per heavy atom. The molecule has 0 unspecified atom stereocenters. The summed E-state index contributed by atoms with van der Waals surface area (Å²) in [5.41, 5.74) is 3.04. The van der Waals surface area contributed by atoms with Gasteiger partial charge in [0, 0.05) is 13.1 Å². The van der Waals surface area contributed by atoms with Gasteiger partial charge in [-0.2, -0.15) is 0 Å². The van der Waals surface area contributed by atoms with Crippen molar-refractivity contribution < 1.29 is 4.79 Å². The molecule has 1 aromatic heterocycles. The van der Waals surface area contributed by atoms with E-state index < -0.39 is 0 Å². The second kappa shape index (κ2) is 6.22. The smallest absolute Gasteiger partial charge is 0.272 e. The summed E-state index contributed by atoms with van der Waals surface area (Å²) in [5.74, 6) is -0.0142. The summed E-state index contributed by atoms with van der Waals surface area (Å²) in [4.78, 5) is 18.5. The molecule has 3 rings (SSSR count). The Labute approximate surface area is 132 Å². The first kappa shape index (κ1) is 14.0. The van der Waals surface area contributed by atoms with Crippen LogP contribution in [0.25, 0.3) is 5.57 Å². The number of amides is 1. The molecule has 2 aromatic rings. The van der Waals surface area contributed by atoms with E-state index in [1.807, 2.05) is 35.2 Å². The van der Waals surface area contributed by atoms with Gasteiger partial charge in [-0.1, -0.05) is 42.5 Å². The van der Waals surface area contributed by atoms with Crippen molar-refractivity contribution in [3.8, 4) is 0 Å². The van der Waals surface area contributed by atoms with Crippen LogP contribution in [0.1, 0.15) is 22.5 Å². The maximum Gasteiger partial charge on any atom is 0.272 e. The highest BCUT2D eigenvalue weighted by Crippen LogP contribution is 2.22. The molecule has 1 aliphatic rings. The van der Waals surface area contributed by atoms with Crippen molar-refractivity contribution in [2.45, 2.75) is 6.42 Å². The predicted molar refractivity (Wildman–Crippen MR) is 86.9 cm³/mol. The molecule has 1 amide bonds. The van der Waals surface area contributed by atoms with Crippen LogP contribution in [0.2, 0.25) is 0 Å². The van der Waals surface area contributed by atoms with Gasteiger partial charge in [0.15, 0.2) is 0 Å². The molecule has 21 heavy (non-hydrogen) atoms. The maximum absolute atomic E-state index is 12.4. The first-order valence-corrected chi connectivity index (χ1v) is 7.69. The summed E-state index contributed by atoms with van der Waals surface area (Å²) in [6.45, 7) is 1.37. The maximum atomic E-state index is 12.4. The summed E-state index contributed by atoms with van der Waals surface area (Å²) in [5, 5.41) is 0. The molecule has 0 atom stereocenters. The highest BCUT2D eigenvalue weighted by atomic mass is 79.9. The Morgan fingerprint density at radius 2 is 1.90 bits per heavy atom. The van der Waals surface area contributed by atoms with Gasteiger partial charge < -0.3 is 4.90 Å². The lowest BCUT2D eigenvalue weighted by molar-refractivity contribution is 0.0767. The van der Waals surface area contributed by atoms with E-state index in [9.17, 15) is 4.79 Å². The van der Waals surface area contributed by atoms with E-state index in [-0.39, 0.29) is 5.91 Å². The number of carbonyl (C=O) groups is 1. The van der Waals surface area contributed by atoms with Crippen LogP contribution < -0.4 is 0 Å². The lowest BCUT2D eigenvalue weighted by atomic mass is 9.99. The summed E-state index contributed by atoms with van der Waals surface area (Å²) >= 11 is 3.30. The Bertz CT molecular complexity index is 682. The molecular formula is C17H15BrN2O. The molecule has 0 aliphatic carbocycles. The number of hydrogen-bond acceptors (Lipinski definition) is 2. The topological polar surface area (TPSA) is 33.2 Å². The van der Waals surface area contributed by atoms with Gasteiger partial charge in [0.05, 0.1) is 0 Å². The molecule has 0 saturated carbocycles. The zero-order valence-corrected chi connectivity index (χ0v) is 13.1. The van der Waals surface area contributed by atoms with Crippen molar-refractivity contribution >= 4 is 27.4 Å². The van der Waals surface area contributed by atoms with Crippen LogP contribution in [0.3, 0.4) is 0 Å². The normalized spacial score (nSPS) is 14.7. The van der Waals surface area contributed by atoms with Gasteiger partial charge in [-0.25, -0.2) is 4.98 Å². The highest BCUT2D eigenvalue weighted by molar-refractivity contribution is 9.10. The first-order chi connectivity index (χ1) is 10.2. The fraction of sp³-hybridized carbons (Fsp3) is 0.176. The van der Waals surface area contributed by atoms with E-state index in [1.54, 1.807) is 6.07 Å². The molecule has 0 saturated heterocycles. The monoisotopic (exact) mass is 342 g/mol. The van der Waals surface area contributed by atoms with Crippen molar-refractivity contribution in [2.75, 3.05) is 13.1 Å². The number of benzene rings is 1. The third-order valence-corrected chi connectivity index (χ3v) is 4.02. The van der Waals surface area contributed by atoms with E-state index in [0.717, 1.165) is 13.0 Å². The molecular weight excluding hydrogens is 328 g/mol. The number of hydrogen-bond donors (Lipinski definition) is 0. The number of rotatable bonds is 2. The number of halogens is 1. The molecule has 0 spiro atoms. The molecule has 106 valence electrons. The van der Waals surface area contributed by atoms with Crippen molar-refractivity contribution in [1.29, 1.82) is 0 Å². The molecule has 1 aliphatic heterocycles. The second-order valence-corrected chi connectivity index (χ2v) is 5.75. The van der Waals surface area contributed by atoms with Crippen LogP contribution in [-0.2, 0) is 0 Å². The van der Waals surface area contributed by atoms with Gasteiger partial charge in [-0.15, -0.1) is 0 Å². The molecule has 0 N–H and O–H groups in total. The third kappa shape index (κ3) is 3.22. The van der Waals surface area contributed by atoms with E-state index in [1.165, 1.54) is 11.1 Å². The Hall–Kier alpha value is -1.94. The summed E-state index contributed by atoms with van der Waals surface area (Å²) in [6, 6.07) is 15.7. The quantitative estimate of drug-likeness (QED) is 0.778.